The molecule has 0 bridgehead atoms. The number of β-amino-alcohol motifs (C(OH)–C–C–N with tert-alkyl or cyclic N) is 1. The molecule has 1 atom stereocenters. The molecule has 3 aromatic rings. The van der Waals surface area contributed by atoms with Crippen molar-refractivity contribution in [1.29, 1.82) is 0 Å². The van der Waals surface area contributed by atoms with E-state index in [9.17, 15) is 5.11 Å². The van der Waals surface area contributed by atoms with Gasteiger partial charge in [-0.25, -0.2) is 9.59 Å². The molecular weight excluding hydrogens is 440 g/mol. The number of nitrogens with one attached hydrogen (secondary N) is 1. The van der Waals surface area contributed by atoms with E-state index in [0.29, 0.717) is 13.1 Å². The molecule has 33 heavy (non-hydrogen) atoms. The fourth-order valence-electron chi connectivity index (χ4n) is 3.41. The molecule has 0 aliphatic carbocycles. The number of aliphatic carboxylic acids is 2. The van der Waals surface area contributed by atoms with Gasteiger partial charge in [-0.3, -0.25) is 0 Å². The molecule has 1 unspecified atom stereocenters. The highest BCUT2D eigenvalue weighted by molar-refractivity contribution is 7.99. The van der Waals surface area contributed by atoms with E-state index in [4.69, 9.17) is 19.8 Å². The van der Waals surface area contributed by atoms with E-state index in [1.807, 2.05) is 0 Å². The standard InChI is InChI=1S/C23H24N2OS.C2H2O4/c1-16-11-12-17(2)19(13-16)24-14-18(26)15-25-20-7-3-5-9-22(20)27-23-10-6-4-8-21(23)25;3-1(4)2(5)6/h3-13,18,24,26H,14-15H2,1-2H3;(H,3,4)(H,5,6). The van der Waals surface area contributed by atoms with Gasteiger partial charge in [-0.2, -0.15) is 0 Å². The second kappa shape index (κ2) is 10.9. The van der Waals surface area contributed by atoms with Crippen LogP contribution in [0.25, 0.3) is 0 Å². The molecule has 3 aromatic carbocycles. The van der Waals surface area contributed by atoms with Crippen LogP contribution in [-0.2, 0) is 9.59 Å². The lowest BCUT2D eigenvalue weighted by molar-refractivity contribution is -0.159. The lowest BCUT2D eigenvalue weighted by Gasteiger charge is -2.34. The minimum Gasteiger partial charge on any atom is -0.473 e. The van der Waals surface area contributed by atoms with E-state index in [1.54, 1.807) is 11.8 Å². The Morgan fingerprint density at radius 1 is 0.909 bits per heavy atom. The summed E-state index contributed by atoms with van der Waals surface area (Å²) in [5, 5.41) is 29.0. The molecule has 8 heteroatoms. The summed E-state index contributed by atoms with van der Waals surface area (Å²) < 4.78 is 0. The van der Waals surface area contributed by atoms with E-state index < -0.39 is 18.0 Å². The first-order valence-corrected chi connectivity index (χ1v) is 11.2. The number of carbonyl (C=O) groups is 2. The summed E-state index contributed by atoms with van der Waals surface area (Å²) in [6.45, 7) is 5.23. The van der Waals surface area contributed by atoms with Crippen LogP contribution in [0, 0.1) is 13.8 Å². The van der Waals surface area contributed by atoms with Crippen molar-refractivity contribution in [1.82, 2.24) is 0 Å². The number of rotatable bonds is 5. The lowest BCUT2D eigenvalue weighted by atomic mass is 10.1. The Bertz CT molecular complexity index is 1090. The Morgan fingerprint density at radius 2 is 1.45 bits per heavy atom. The van der Waals surface area contributed by atoms with Crippen LogP contribution in [0.3, 0.4) is 0 Å². The molecule has 0 aromatic heterocycles. The highest BCUT2D eigenvalue weighted by atomic mass is 32.2. The van der Waals surface area contributed by atoms with E-state index >= 15 is 0 Å². The summed E-state index contributed by atoms with van der Waals surface area (Å²) in [4.78, 5) is 22.9. The number of aryl methyl sites for hydroxylation is 2. The van der Waals surface area contributed by atoms with Gasteiger partial charge in [-0.15, -0.1) is 0 Å². The number of carboxylic acids is 2. The van der Waals surface area contributed by atoms with Gasteiger partial charge >= 0.3 is 11.9 Å². The van der Waals surface area contributed by atoms with Crippen molar-refractivity contribution in [3.63, 3.8) is 0 Å². The quantitative estimate of drug-likeness (QED) is 0.406. The molecule has 4 rings (SSSR count). The van der Waals surface area contributed by atoms with Crippen molar-refractivity contribution >= 4 is 40.8 Å². The van der Waals surface area contributed by atoms with Crippen molar-refractivity contribution in [2.75, 3.05) is 23.3 Å². The first-order valence-electron chi connectivity index (χ1n) is 10.3. The van der Waals surface area contributed by atoms with Crippen LogP contribution in [0.5, 0.6) is 0 Å². The number of nitrogens with zero attached hydrogens (tertiary/aromatic N) is 1. The highest BCUT2D eigenvalue weighted by Crippen LogP contribution is 2.47. The minimum absolute atomic E-state index is 0.492. The maximum atomic E-state index is 10.8. The number of anilines is 3. The molecule has 172 valence electrons. The lowest BCUT2D eigenvalue weighted by Crippen LogP contribution is -2.34. The Kier molecular flexibility index (Phi) is 7.97. The Balaban J connectivity index is 0.000000454. The molecule has 1 heterocycles. The summed E-state index contributed by atoms with van der Waals surface area (Å²) in [5.41, 5.74) is 5.81. The van der Waals surface area contributed by atoms with Crippen molar-refractivity contribution in [2.24, 2.45) is 0 Å². The van der Waals surface area contributed by atoms with Crippen molar-refractivity contribution < 1.29 is 24.9 Å². The number of aliphatic hydroxyl groups excluding tert-OH is 1. The third-order valence-corrected chi connectivity index (χ3v) is 6.16. The summed E-state index contributed by atoms with van der Waals surface area (Å²) in [6, 6.07) is 23.1. The zero-order valence-electron chi connectivity index (χ0n) is 18.4. The predicted molar refractivity (Wildman–Crippen MR) is 130 cm³/mol. The van der Waals surface area contributed by atoms with Crippen LogP contribution in [0.2, 0.25) is 0 Å². The second-order valence-electron chi connectivity index (χ2n) is 7.61. The summed E-state index contributed by atoms with van der Waals surface area (Å²) in [7, 11) is 0. The fourth-order valence-corrected chi connectivity index (χ4v) is 4.50. The third kappa shape index (κ3) is 6.27. The number of carboxylic acid groups (broad SMARTS) is 2. The summed E-state index contributed by atoms with van der Waals surface area (Å²) in [5.74, 6) is -3.65. The van der Waals surface area contributed by atoms with Gasteiger partial charge in [0.1, 0.15) is 0 Å². The van der Waals surface area contributed by atoms with Gasteiger partial charge < -0.3 is 25.5 Å². The Labute approximate surface area is 196 Å². The Hall–Kier alpha value is -3.49. The molecule has 0 radical (unpaired) electrons. The second-order valence-corrected chi connectivity index (χ2v) is 8.70. The third-order valence-electron chi connectivity index (χ3n) is 5.03. The van der Waals surface area contributed by atoms with Crippen LogP contribution in [0.1, 0.15) is 11.1 Å². The molecule has 1 aliphatic heterocycles. The molecule has 0 spiro atoms. The van der Waals surface area contributed by atoms with Crippen molar-refractivity contribution in [2.45, 2.75) is 29.7 Å². The average molecular weight is 467 g/mol. The van der Waals surface area contributed by atoms with Gasteiger partial charge in [0.15, 0.2) is 0 Å². The van der Waals surface area contributed by atoms with Crippen LogP contribution in [0.4, 0.5) is 17.1 Å². The minimum atomic E-state index is -1.82. The van der Waals surface area contributed by atoms with Crippen molar-refractivity contribution in [3.05, 3.63) is 77.9 Å². The van der Waals surface area contributed by atoms with Crippen LogP contribution >= 0.6 is 11.8 Å². The molecule has 0 saturated carbocycles. The van der Waals surface area contributed by atoms with Gasteiger partial charge in [-0.1, -0.05) is 48.2 Å². The zero-order chi connectivity index (χ0) is 24.0. The number of benzene rings is 3. The van der Waals surface area contributed by atoms with Gasteiger partial charge in [0, 0.05) is 22.0 Å². The molecule has 1 aliphatic rings. The zero-order valence-corrected chi connectivity index (χ0v) is 19.2. The van der Waals surface area contributed by atoms with Gasteiger partial charge in [0.2, 0.25) is 0 Å². The summed E-state index contributed by atoms with van der Waals surface area (Å²) >= 11 is 1.79. The van der Waals surface area contributed by atoms with Crippen LogP contribution in [0.15, 0.2) is 76.5 Å². The first kappa shape index (κ1) is 24.2. The normalized spacial score (nSPS) is 12.5. The number of hydrogen-bond donors (Lipinski definition) is 4. The average Bonchev–Trinajstić information content (AvgIpc) is 2.80. The topological polar surface area (TPSA) is 110 Å². The number of hydrogen-bond acceptors (Lipinski definition) is 6. The predicted octanol–water partition coefficient (Wildman–Crippen LogP) is 4.53. The van der Waals surface area contributed by atoms with Crippen molar-refractivity contribution in [3.8, 4) is 0 Å². The maximum Gasteiger partial charge on any atom is 0.414 e. The molecule has 4 N–H and O–H groups in total. The monoisotopic (exact) mass is 466 g/mol. The van der Waals surface area contributed by atoms with Gasteiger partial charge in [0.05, 0.1) is 24.0 Å². The number of fused-ring (bicyclic) bond motifs is 2. The Morgan fingerprint density at radius 3 is 2.00 bits per heavy atom. The highest BCUT2D eigenvalue weighted by Gasteiger charge is 2.24. The summed E-state index contributed by atoms with van der Waals surface area (Å²) in [6.07, 6.45) is -0.492. The molecular formula is C25H26N2O5S. The van der Waals surface area contributed by atoms with Crippen LogP contribution < -0.4 is 10.2 Å². The maximum absolute atomic E-state index is 10.8. The number of para-hydroxylation sites is 2. The van der Waals surface area contributed by atoms with Crippen LogP contribution in [-0.4, -0.2) is 46.5 Å². The fraction of sp³-hybridized carbons (Fsp3) is 0.200. The molecule has 0 saturated heterocycles. The van der Waals surface area contributed by atoms with E-state index in [2.05, 4.69) is 90.8 Å². The molecule has 0 amide bonds. The van der Waals surface area contributed by atoms with E-state index in [1.165, 1.54) is 20.9 Å². The largest absolute Gasteiger partial charge is 0.473 e. The molecule has 7 nitrogen and oxygen atoms in total. The van der Waals surface area contributed by atoms with E-state index in [0.717, 1.165) is 17.1 Å². The SMILES string of the molecule is Cc1ccc(C)c(NCC(O)CN2c3ccccc3Sc3ccccc32)c1.O=C(O)C(=O)O. The van der Waals surface area contributed by atoms with Gasteiger partial charge in [-0.05, 0) is 55.3 Å². The number of aliphatic hydroxyl groups is 1. The van der Waals surface area contributed by atoms with E-state index in [-0.39, 0.29) is 0 Å². The molecule has 0 fully saturated rings. The van der Waals surface area contributed by atoms with Gasteiger partial charge in [0.25, 0.3) is 0 Å². The smallest absolute Gasteiger partial charge is 0.414 e. The first-order chi connectivity index (χ1) is 15.8.